The van der Waals surface area contributed by atoms with E-state index in [1.165, 1.54) is 22.2 Å². The largest absolute Gasteiger partial charge is 0.368 e. The van der Waals surface area contributed by atoms with Crippen LogP contribution in [-0.4, -0.2) is 15.5 Å². The third kappa shape index (κ3) is 3.37. The zero-order chi connectivity index (χ0) is 19.8. The Morgan fingerprint density at radius 3 is 2.82 bits per heavy atom. The molecular weight excluding hydrogens is 390 g/mol. The van der Waals surface area contributed by atoms with Crippen LogP contribution in [0.15, 0.2) is 40.3 Å². The zero-order valence-corrected chi connectivity index (χ0v) is 17.6. The van der Waals surface area contributed by atoms with Crippen LogP contribution in [0.25, 0.3) is 10.2 Å². The zero-order valence-electron chi connectivity index (χ0n) is 16.0. The van der Waals surface area contributed by atoms with Gasteiger partial charge in [-0.3, -0.25) is 14.2 Å². The van der Waals surface area contributed by atoms with Crippen LogP contribution in [0.4, 0.5) is 0 Å². The number of hydrogen-bond donors (Lipinski definition) is 1. The van der Waals surface area contributed by atoms with Crippen molar-refractivity contribution >= 4 is 39.2 Å². The van der Waals surface area contributed by atoms with Gasteiger partial charge in [-0.05, 0) is 43.2 Å². The molecule has 0 saturated heterocycles. The summed E-state index contributed by atoms with van der Waals surface area (Å²) in [7, 11) is 0. The molecule has 2 unspecified atom stereocenters. The van der Waals surface area contributed by atoms with Crippen molar-refractivity contribution in [2.45, 2.75) is 50.1 Å². The number of thioether (sulfide) groups is 1. The number of aromatic nitrogens is 2. The number of thiophene rings is 1. The van der Waals surface area contributed by atoms with Crippen LogP contribution in [0, 0.1) is 5.92 Å². The number of aryl methyl sites for hydroxylation is 1. The Balaban J connectivity index is 1.83. The van der Waals surface area contributed by atoms with Gasteiger partial charge in [0.25, 0.3) is 5.56 Å². The fraction of sp³-hybridized carbons (Fsp3) is 0.381. The Morgan fingerprint density at radius 2 is 2.14 bits per heavy atom. The Morgan fingerprint density at radius 1 is 1.39 bits per heavy atom. The minimum Gasteiger partial charge on any atom is -0.368 e. The molecule has 0 saturated carbocycles. The number of nitrogens with zero attached hydrogens (tertiary/aromatic N) is 2. The number of carbonyl (C=O) groups is 1. The number of benzene rings is 1. The monoisotopic (exact) mass is 413 g/mol. The predicted molar refractivity (Wildman–Crippen MR) is 115 cm³/mol. The number of carbonyl (C=O) groups excluding carboxylic acids is 1. The van der Waals surface area contributed by atoms with Gasteiger partial charge in [0.05, 0.1) is 5.39 Å². The van der Waals surface area contributed by atoms with Crippen molar-refractivity contribution in [2.24, 2.45) is 11.7 Å². The molecule has 1 aliphatic carbocycles. The molecule has 2 N–H and O–H groups in total. The van der Waals surface area contributed by atoms with Gasteiger partial charge in [-0.2, -0.15) is 0 Å². The highest BCUT2D eigenvalue weighted by Gasteiger charge is 2.27. The number of primary amides is 1. The van der Waals surface area contributed by atoms with Crippen LogP contribution in [0.1, 0.15) is 41.5 Å². The van der Waals surface area contributed by atoms with Crippen molar-refractivity contribution in [1.29, 1.82) is 0 Å². The van der Waals surface area contributed by atoms with Gasteiger partial charge in [0.2, 0.25) is 5.91 Å². The van der Waals surface area contributed by atoms with Crippen LogP contribution in [0.3, 0.4) is 0 Å². The highest BCUT2D eigenvalue weighted by molar-refractivity contribution is 8.00. The van der Waals surface area contributed by atoms with Gasteiger partial charge in [-0.15, -0.1) is 11.3 Å². The standard InChI is InChI=1S/C21H23N3O2S2/c1-3-24-20(26)16-14-10-9-12(2)11-15(14)27-19(16)23-21(24)28-17(18(22)25)13-7-5-4-6-8-13/h4-8,12,17H,3,9-11H2,1-2H3,(H2,22,25). The summed E-state index contributed by atoms with van der Waals surface area (Å²) in [5.41, 5.74) is 7.68. The van der Waals surface area contributed by atoms with Crippen LogP contribution < -0.4 is 11.3 Å². The number of rotatable bonds is 5. The van der Waals surface area contributed by atoms with E-state index >= 15 is 0 Å². The molecule has 5 nitrogen and oxygen atoms in total. The summed E-state index contributed by atoms with van der Waals surface area (Å²) < 4.78 is 1.68. The van der Waals surface area contributed by atoms with Gasteiger partial charge in [0.1, 0.15) is 10.1 Å². The van der Waals surface area contributed by atoms with Crippen molar-refractivity contribution < 1.29 is 4.79 Å². The Kier molecular flexibility index (Phi) is 5.29. The molecule has 28 heavy (non-hydrogen) atoms. The average Bonchev–Trinajstić information content (AvgIpc) is 3.04. The molecule has 146 valence electrons. The van der Waals surface area contributed by atoms with Gasteiger partial charge >= 0.3 is 0 Å². The lowest BCUT2D eigenvalue weighted by atomic mass is 9.89. The third-order valence-electron chi connectivity index (χ3n) is 5.28. The molecule has 4 rings (SSSR count). The third-order valence-corrected chi connectivity index (χ3v) is 7.69. The second-order valence-corrected chi connectivity index (χ2v) is 9.44. The molecule has 0 radical (unpaired) electrons. The summed E-state index contributed by atoms with van der Waals surface area (Å²) in [6, 6.07) is 9.41. The first-order chi connectivity index (χ1) is 13.5. The molecule has 0 fully saturated rings. The fourth-order valence-corrected chi connectivity index (χ4v) is 6.33. The van der Waals surface area contributed by atoms with E-state index < -0.39 is 11.2 Å². The molecule has 2 heterocycles. The van der Waals surface area contributed by atoms with Gasteiger partial charge in [0.15, 0.2) is 5.16 Å². The maximum absolute atomic E-state index is 13.3. The molecule has 3 aromatic rings. The maximum Gasteiger partial charge on any atom is 0.263 e. The number of hydrogen-bond acceptors (Lipinski definition) is 5. The van der Waals surface area contributed by atoms with Crippen molar-refractivity contribution in [1.82, 2.24) is 9.55 Å². The minimum atomic E-state index is -0.585. The van der Waals surface area contributed by atoms with E-state index in [0.717, 1.165) is 35.0 Å². The van der Waals surface area contributed by atoms with E-state index in [1.807, 2.05) is 37.3 Å². The van der Waals surface area contributed by atoms with E-state index in [9.17, 15) is 9.59 Å². The molecule has 1 aromatic carbocycles. The van der Waals surface area contributed by atoms with Crippen LogP contribution >= 0.6 is 23.1 Å². The molecule has 2 aromatic heterocycles. The minimum absolute atomic E-state index is 0.00154. The normalized spacial score (nSPS) is 17.4. The second kappa shape index (κ2) is 7.72. The molecule has 1 aliphatic rings. The molecular formula is C21H23N3O2S2. The number of amides is 1. The van der Waals surface area contributed by atoms with Gasteiger partial charge in [-0.1, -0.05) is 49.0 Å². The SMILES string of the molecule is CCn1c(SC(C(N)=O)c2ccccc2)nc2sc3c(c2c1=O)CCC(C)C3. The summed E-state index contributed by atoms with van der Waals surface area (Å²) in [5, 5.41) is 0.741. The molecule has 0 spiro atoms. The molecule has 2 atom stereocenters. The summed E-state index contributed by atoms with van der Waals surface area (Å²) in [4.78, 5) is 32.3. The van der Waals surface area contributed by atoms with E-state index in [0.29, 0.717) is 17.6 Å². The molecule has 0 aliphatic heterocycles. The highest BCUT2D eigenvalue weighted by Crippen LogP contribution is 2.38. The maximum atomic E-state index is 13.3. The summed E-state index contributed by atoms with van der Waals surface area (Å²) in [6.07, 6.45) is 3.06. The first kappa shape index (κ1) is 19.2. The van der Waals surface area contributed by atoms with Gasteiger partial charge in [-0.25, -0.2) is 4.98 Å². The van der Waals surface area contributed by atoms with Crippen molar-refractivity contribution in [3.05, 3.63) is 56.7 Å². The first-order valence-electron chi connectivity index (χ1n) is 9.55. The highest BCUT2D eigenvalue weighted by atomic mass is 32.2. The summed E-state index contributed by atoms with van der Waals surface area (Å²) >= 11 is 2.89. The Bertz CT molecular complexity index is 1090. The lowest BCUT2D eigenvalue weighted by Gasteiger charge is -2.18. The first-order valence-corrected chi connectivity index (χ1v) is 11.2. The number of fused-ring (bicyclic) bond motifs is 3. The lowest BCUT2D eigenvalue weighted by Crippen LogP contribution is -2.25. The molecule has 7 heteroatoms. The van der Waals surface area contributed by atoms with E-state index in [2.05, 4.69) is 6.92 Å². The van der Waals surface area contributed by atoms with E-state index in [-0.39, 0.29) is 5.56 Å². The van der Waals surface area contributed by atoms with Crippen molar-refractivity contribution in [2.75, 3.05) is 0 Å². The van der Waals surface area contributed by atoms with E-state index in [4.69, 9.17) is 10.7 Å². The topological polar surface area (TPSA) is 78.0 Å². The average molecular weight is 414 g/mol. The smallest absolute Gasteiger partial charge is 0.263 e. The summed E-state index contributed by atoms with van der Waals surface area (Å²) in [5.74, 6) is 0.202. The van der Waals surface area contributed by atoms with Gasteiger partial charge < -0.3 is 5.73 Å². The molecule has 1 amide bonds. The lowest BCUT2D eigenvalue weighted by molar-refractivity contribution is -0.117. The quantitative estimate of drug-likeness (QED) is 0.508. The predicted octanol–water partition coefficient (Wildman–Crippen LogP) is 3.92. The summed E-state index contributed by atoms with van der Waals surface area (Å²) in [6.45, 7) is 4.69. The fourth-order valence-electron chi connectivity index (χ4n) is 3.80. The van der Waals surface area contributed by atoms with Crippen LogP contribution in [0.5, 0.6) is 0 Å². The van der Waals surface area contributed by atoms with E-state index in [1.54, 1.807) is 15.9 Å². The Labute approximate surface area is 172 Å². The van der Waals surface area contributed by atoms with Crippen molar-refractivity contribution in [3.63, 3.8) is 0 Å². The molecule has 0 bridgehead atoms. The number of nitrogens with two attached hydrogens (primary N) is 1. The van der Waals surface area contributed by atoms with Crippen LogP contribution in [0.2, 0.25) is 0 Å². The van der Waals surface area contributed by atoms with Crippen molar-refractivity contribution in [3.8, 4) is 0 Å². The van der Waals surface area contributed by atoms with Crippen LogP contribution in [-0.2, 0) is 24.2 Å². The van der Waals surface area contributed by atoms with Gasteiger partial charge in [0, 0.05) is 11.4 Å². The Hall–Kier alpha value is -2.12. The second-order valence-electron chi connectivity index (χ2n) is 7.29.